The van der Waals surface area contributed by atoms with Crippen LogP contribution >= 0.6 is 15.9 Å². The van der Waals surface area contributed by atoms with Crippen LogP contribution in [0.15, 0.2) is 39.2 Å². The standard InChI is InChI=1S/C13H11BrO2/c1-2-9-3-5-11(12(14)7-9)13-6-4-10(8-15)16-13/h3-8H,2H2,1H3. The van der Waals surface area contributed by atoms with Crippen LogP contribution in [0.2, 0.25) is 0 Å². The summed E-state index contributed by atoms with van der Waals surface area (Å²) in [5.41, 5.74) is 2.23. The molecular formula is C13H11BrO2. The zero-order valence-electron chi connectivity index (χ0n) is 8.87. The first-order valence-electron chi connectivity index (χ1n) is 5.08. The average molecular weight is 279 g/mol. The second kappa shape index (κ2) is 4.66. The number of hydrogen-bond acceptors (Lipinski definition) is 2. The van der Waals surface area contributed by atoms with Crippen LogP contribution in [-0.4, -0.2) is 6.29 Å². The highest BCUT2D eigenvalue weighted by Gasteiger charge is 2.08. The van der Waals surface area contributed by atoms with Gasteiger partial charge in [-0.05, 0) is 36.2 Å². The minimum atomic E-state index is 0.349. The second-order valence-corrected chi connectivity index (χ2v) is 4.34. The quantitative estimate of drug-likeness (QED) is 0.792. The van der Waals surface area contributed by atoms with Crippen molar-refractivity contribution in [1.82, 2.24) is 0 Å². The van der Waals surface area contributed by atoms with Crippen molar-refractivity contribution < 1.29 is 9.21 Å². The molecule has 0 N–H and O–H groups in total. The van der Waals surface area contributed by atoms with Crippen LogP contribution in [0.4, 0.5) is 0 Å². The number of hydrogen-bond donors (Lipinski definition) is 0. The van der Waals surface area contributed by atoms with Gasteiger partial charge in [0, 0.05) is 10.0 Å². The van der Waals surface area contributed by atoms with E-state index in [1.807, 2.05) is 6.07 Å². The Labute approximate surface area is 102 Å². The molecule has 2 nitrogen and oxygen atoms in total. The number of carbonyl (C=O) groups excluding carboxylic acids is 1. The van der Waals surface area contributed by atoms with Gasteiger partial charge in [-0.3, -0.25) is 4.79 Å². The van der Waals surface area contributed by atoms with Gasteiger partial charge in [-0.15, -0.1) is 0 Å². The van der Waals surface area contributed by atoms with Gasteiger partial charge >= 0.3 is 0 Å². The smallest absolute Gasteiger partial charge is 0.185 e. The Hall–Kier alpha value is -1.35. The molecule has 0 atom stereocenters. The van der Waals surface area contributed by atoms with Gasteiger partial charge in [-0.1, -0.05) is 28.9 Å². The van der Waals surface area contributed by atoms with E-state index >= 15 is 0 Å². The fourth-order valence-electron chi connectivity index (χ4n) is 1.54. The van der Waals surface area contributed by atoms with Gasteiger partial charge in [0.2, 0.25) is 0 Å². The zero-order chi connectivity index (χ0) is 11.5. The van der Waals surface area contributed by atoms with Crippen LogP contribution < -0.4 is 0 Å². The van der Waals surface area contributed by atoms with E-state index in [0.29, 0.717) is 17.8 Å². The Morgan fingerprint density at radius 2 is 2.12 bits per heavy atom. The summed E-state index contributed by atoms with van der Waals surface area (Å²) in [7, 11) is 0. The van der Waals surface area contributed by atoms with Crippen molar-refractivity contribution >= 4 is 22.2 Å². The maximum absolute atomic E-state index is 10.5. The lowest BCUT2D eigenvalue weighted by molar-refractivity contribution is 0.110. The number of furan rings is 1. The van der Waals surface area contributed by atoms with E-state index in [0.717, 1.165) is 16.5 Å². The highest BCUT2D eigenvalue weighted by atomic mass is 79.9. The summed E-state index contributed by atoms with van der Waals surface area (Å²) in [6.45, 7) is 2.11. The molecule has 16 heavy (non-hydrogen) atoms. The Balaban J connectivity index is 2.43. The molecule has 0 aliphatic heterocycles. The van der Waals surface area contributed by atoms with Crippen LogP contribution in [0.5, 0.6) is 0 Å². The van der Waals surface area contributed by atoms with Crippen molar-refractivity contribution in [3.63, 3.8) is 0 Å². The highest BCUT2D eigenvalue weighted by Crippen LogP contribution is 2.30. The third kappa shape index (κ3) is 2.09. The maximum atomic E-state index is 10.5. The summed E-state index contributed by atoms with van der Waals surface area (Å²) in [4.78, 5) is 10.5. The van der Waals surface area contributed by atoms with Crippen molar-refractivity contribution in [2.24, 2.45) is 0 Å². The molecule has 0 saturated carbocycles. The SMILES string of the molecule is CCc1ccc(-c2ccc(C=O)o2)c(Br)c1. The molecule has 0 aliphatic carbocycles. The molecule has 1 aromatic heterocycles. The molecule has 0 unspecified atom stereocenters. The van der Waals surface area contributed by atoms with Crippen LogP contribution in [0.1, 0.15) is 23.0 Å². The van der Waals surface area contributed by atoms with E-state index in [2.05, 4.69) is 35.0 Å². The molecule has 0 bridgehead atoms. The van der Waals surface area contributed by atoms with Gasteiger partial charge in [0.05, 0.1) is 0 Å². The van der Waals surface area contributed by atoms with Gasteiger partial charge in [-0.25, -0.2) is 0 Å². The molecule has 0 radical (unpaired) electrons. The molecule has 2 aromatic rings. The van der Waals surface area contributed by atoms with Crippen LogP contribution in [0.3, 0.4) is 0 Å². The summed E-state index contributed by atoms with van der Waals surface area (Å²) >= 11 is 3.51. The first kappa shape index (κ1) is 11.1. The third-order valence-electron chi connectivity index (χ3n) is 2.45. The molecule has 0 aliphatic rings. The normalized spacial score (nSPS) is 10.4. The summed E-state index contributed by atoms with van der Waals surface area (Å²) in [6.07, 6.45) is 1.70. The van der Waals surface area contributed by atoms with Gasteiger partial charge < -0.3 is 4.42 Å². The van der Waals surface area contributed by atoms with Crippen LogP contribution in [0, 0.1) is 0 Å². The lowest BCUT2D eigenvalue weighted by atomic mass is 10.1. The maximum Gasteiger partial charge on any atom is 0.185 e. The number of carbonyl (C=O) groups is 1. The van der Waals surface area contributed by atoms with E-state index in [4.69, 9.17) is 4.42 Å². The number of rotatable bonds is 3. The first-order chi connectivity index (χ1) is 7.74. The fourth-order valence-corrected chi connectivity index (χ4v) is 2.16. The second-order valence-electron chi connectivity index (χ2n) is 3.49. The van der Waals surface area contributed by atoms with Crippen LogP contribution in [0.25, 0.3) is 11.3 Å². The predicted molar refractivity (Wildman–Crippen MR) is 66.6 cm³/mol. The Kier molecular flexibility index (Phi) is 3.25. The summed E-state index contributed by atoms with van der Waals surface area (Å²) in [5, 5.41) is 0. The molecule has 0 spiro atoms. The molecule has 3 heteroatoms. The van der Waals surface area contributed by atoms with E-state index in [1.54, 1.807) is 12.1 Å². The van der Waals surface area contributed by atoms with E-state index in [1.165, 1.54) is 5.56 Å². The van der Waals surface area contributed by atoms with Crippen molar-refractivity contribution in [2.75, 3.05) is 0 Å². The monoisotopic (exact) mass is 278 g/mol. The molecule has 2 rings (SSSR count). The van der Waals surface area contributed by atoms with Crippen molar-refractivity contribution in [1.29, 1.82) is 0 Å². The van der Waals surface area contributed by atoms with Gasteiger partial charge in [0.15, 0.2) is 12.0 Å². The third-order valence-corrected chi connectivity index (χ3v) is 3.11. The number of benzene rings is 1. The Morgan fingerprint density at radius 3 is 2.69 bits per heavy atom. The molecule has 0 saturated heterocycles. The van der Waals surface area contributed by atoms with Gasteiger partial charge in [-0.2, -0.15) is 0 Å². The van der Waals surface area contributed by atoms with Gasteiger partial charge in [0.25, 0.3) is 0 Å². The molecule has 0 amide bonds. The molecule has 1 aromatic carbocycles. The number of aryl methyl sites for hydroxylation is 1. The highest BCUT2D eigenvalue weighted by molar-refractivity contribution is 9.10. The minimum Gasteiger partial charge on any atom is -0.453 e. The summed E-state index contributed by atoms with van der Waals surface area (Å²) in [5.74, 6) is 1.05. The van der Waals surface area contributed by atoms with Crippen molar-refractivity contribution in [3.05, 3.63) is 46.1 Å². The summed E-state index contributed by atoms with van der Waals surface area (Å²) < 4.78 is 6.36. The Bertz CT molecular complexity index is 514. The average Bonchev–Trinajstić information content (AvgIpc) is 2.77. The molecule has 1 heterocycles. The summed E-state index contributed by atoms with van der Waals surface area (Å²) in [6, 6.07) is 9.59. The van der Waals surface area contributed by atoms with Crippen molar-refractivity contribution in [2.45, 2.75) is 13.3 Å². The largest absolute Gasteiger partial charge is 0.453 e. The Morgan fingerprint density at radius 1 is 1.31 bits per heavy atom. The lowest BCUT2D eigenvalue weighted by Crippen LogP contribution is -1.82. The minimum absolute atomic E-state index is 0.349. The topological polar surface area (TPSA) is 30.2 Å². The predicted octanol–water partition coefficient (Wildman–Crippen LogP) is 4.08. The number of aldehydes is 1. The van der Waals surface area contributed by atoms with Gasteiger partial charge in [0.1, 0.15) is 5.76 Å². The number of halogens is 1. The molecular weight excluding hydrogens is 268 g/mol. The van der Waals surface area contributed by atoms with E-state index in [-0.39, 0.29) is 0 Å². The lowest BCUT2D eigenvalue weighted by Gasteiger charge is -2.03. The molecule has 82 valence electrons. The van der Waals surface area contributed by atoms with E-state index < -0.39 is 0 Å². The first-order valence-corrected chi connectivity index (χ1v) is 5.87. The van der Waals surface area contributed by atoms with Crippen LogP contribution in [-0.2, 0) is 6.42 Å². The molecule has 0 fully saturated rings. The van der Waals surface area contributed by atoms with Crippen molar-refractivity contribution in [3.8, 4) is 11.3 Å². The van der Waals surface area contributed by atoms with E-state index in [9.17, 15) is 4.79 Å². The zero-order valence-corrected chi connectivity index (χ0v) is 10.5. The fraction of sp³-hybridized carbons (Fsp3) is 0.154.